The van der Waals surface area contributed by atoms with E-state index < -0.39 is 5.54 Å². The van der Waals surface area contributed by atoms with E-state index in [-0.39, 0.29) is 24.5 Å². The molecule has 19 heavy (non-hydrogen) atoms. The third kappa shape index (κ3) is 2.76. The van der Waals surface area contributed by atoms with Gasteiger partial charge in [0, 0.05) is 23.6 Å². The van der Waals surface area contributed by atoms with Gasteiger partial charge in [-0.3, -0.25) is 10.1 Å². The molecule has 0 bridgehead atoms. The molecule has 0 saturated carbocycles. The summed E-state index contributed by atoms with van der Waals surface area (Å²) >= 11 is 5.99. The average molecular weight is 284 g/mol. The number of hydrogen-bond acceptors (Lipinski definition) is 4. The molecule has 0 spiro atoms. The van der Waals surface area contributed by atoms with Gasteiger partial charge < -0.3 is 9.84 Å². The monoisotopic (exact) mass is 283 g/mol. The molecular formula is C14H18ClNO3. The fourth-order valence-electron chi connectivity index (χ4n) is 2.76. The first kappa shape index (κ1) is 14.3. The van der Waals surface area contributed by atoms with Crippen LogP contribution in [0, 0.1) is 5.92 Å². The molecule has 0 aliphatic carbocycles. The van der Waals surface area contributed by atoms with Crippen LogP contribution in [-0.2, 0) is 9.53 Å². The van der Waals surface area contributed by atoms with Gasteiger partial charge in [0.15, 0.2) is 0 Å². The minimum absolute atomic E-state index is 0.0107. The second-order valence-corrected chi connectivity index (χ2v) is 5.58. The molecule has 0 amide bonds. The van der Waals surface area contributed by atoms with Crippen LogP contribution >= 0.6 is 11.6 Å². The topological polar surface area (TPSA) is 58.6 Å². The Balaban J connectivity index is 2.28. The van der Waals surface area contributed by atoms with Crippen LogP contribution in [0.1, 0.15) is 24.9 Å². The Kier molecular flexibility index (Phi) is 4.13. The maximum atomic E-state index is 11.8. The van der Waals surface area contributed by atoms with Gasteiger partial charge in [0.25, 0.3) is 0 Å². The summed E-state index contributed by atoms with van der Waals surface area (Å²) in [6, 6.07) is 7.35. The molecule has 0 radical (unpaired) electrons. The standard InChI is InChI=1S/C14H18ClNO3/c1-14(13(18)19-2)7-10(8-17)12(16-14)9-4-3-5-11(15)6-9/h3-6,10,12,16-17H,7-8H2,1-2H3. The van der Waals surface area contributed by atoms with Gasteiger partial charge in [0.2, 0.25) is 0 Å². The number of aliphatic hydroxyl groups is 1. The summed E-state index contributed by atoms with van der Waals surface area (Å²) in [6.07, 6.45) is 0.535. The van der Waals surface area contributed by atoms with E-state index in [1.54, 1.807) is 13.0 Å². The Bertz CT molecular complexity index is 480. The predicted molar refractivity (Wildman–Crippen MR) is 72.9 cm³/mol. The van der Waals surface area contributed by atoms with Gasteiger partial charge in [-0.05, 0) is 31.0 Å². The zero-order valence-electron chi connectivity index (χ0n) is 11.0. The molecule has 3 unspecified atom stereocenters. The van der Waals surface area contributed by atoms with Crippen molar-refractivity contribution in [1.82, 2.24) is 5.32 Å². The van der Waals surface area contributed by atoms with E-state index in [1.165, 1.54) is 7.11 Å². The molecule has 3 atom stereocenters. The van der Waals surface area contributed by atoms with Gasteiger partial charge in [-0.1, -0.05) is 23.7 Å². The van der Waals surface area contributed by atoms with E-state index >= 15 is 0 Å². The third-order valence-electron chi connectivity index (χ3n) is 3.69. The summed E-state index contributed by atoms with van der Waals surface area (Å²) in [4.78, 5) is 11.8. The van der Waals surface area contributed by atoms with Crippen LogP contribution in [-0.4, -0.2) is 30.3 Å². The van der Waals surface area contributed by atoms with Crippen molar-refractivity contribution in [3.05, 3.63) is 34.9 Å². The molecule has 1 heterocycles. The number of carbonyl (C=O) groups excluding carboxylic acids is 1. The summed E-state index contributed by atoms with van der Waals surface area (Å²) in [6.45, 7) is 1.81. The number of ether oxygens (including phenoxy) is 1. The molecule has 2 N–H and O–H groups in total. The number of aliphatic hydroxyl groups excluding tert-OH is 1. The van der Waals surface area contributed by atoms with Crippen LogP contribution in [0.5, 0.6) is 0 Å². The maximum Gasteiger partial charge on any atom is 0.325 e. The highest BCUT2D eigenvalue weighted by Crippen LogP contribution is 2.38. The Hall–Kier alpha value is -1.10. The number of halogens is 1. The van der Waals surface area contributed by atoms with Crippen molar-refractivity contribution in [1.29, 1.82) is 0 Å². The van der Waals surface area contributed by atoms with Crippen molar-refractivity contribution < 1.29 is 14.6 Å². The fourth-order valence-corrected chi connectivity index (χ4v) is 2.95. The van der Waals surface area contributed by atoms with Crippen molar-refractivity contribution in [3.8, 4) is 0 Å². The largest absolute Gasteiger partial charge is 0.468 e. The van der Waals surface area contributed by atoms with Crippen molar-refractivity contribution >= 4 is 17.6 Å². The predicted octanol–water partition coefficient (Wildman–Crippen LogP) is 1.91. The molecule has 4 nitrogen and oxygen atoms in total. The van der Waals surface area contributed by atoms with Crippen LogP contribution < -0.4 is 5.32 Å². The van der Waals surface area contributed by atoms with Gasteiger partial charge in [0.1, 0.15) is 5.54 Å². The summed E-state index contributed by atoms with van der Waals surface area (Å²) in [7, 11) is 1.37. The molecule has 1 fully saturated rings. The molecular weight excluding hydrogens is 266 g/mol. The summed E-state index contributed by atoms with van der Waals surface area (Å²) in [5.41, 5.74) is 0.203. The van der Waals surface area contributed by atoms with E-state index in [0.717, 1.165) is 5.56 Å². The van der Waals surface area contributed by atoms with Crippen molar-refractivity contribution in [3.63, 3.8) is 0 Å². The van der Waals surface area contributed by atoms with Crippen molar-refractivity contribution in [2.45, 2.75) is 24.9 Å². The van der Waals surface area contributed by atoms with E-state index in [9.17, 15) is 9.90 Å². The first-order valence-electron chi connectivity index (χ1n) is 6.22. The first-order chi connectivity index (χ1) is 9.00. The zero-order valence-corrected chi connectivity index (χ0v) is 11.8. The van der Waals surface area contributed by atoms with E-state index in [0.29, 0.717) is 11.4 Å². The summed E-state index contributed by atoms with van der Waals surface area (Å²) < 4.78 is 4.83. The molecule has 5 heteroatoms. The van der Waals surface area contributed by atoms with Gasteiger partial charge in [-0.15, -0.1) is 0 Å². The van der Waals surface area contributed by atoms with Gasteiger partial charge >= 0.3 is 5.97 Å². The summed E-state index contributed by atoms with van der Waals surface area (Å²) in [5, 5.41) is 13.4. The highest BCUT2D eigenvalue weighted by molar-refractivity contribution is 6.30. The van der Waals surface area contributed by atoms with Crippen LogP contribution in [0.25, 0.3) is 0 Å². The Labute approximate surface area is 117 Å². The number of rotatable bonds is 3. The third-order valence-corrected chi connectivity index (χ3v) is 3.93. The molecule has 1 aliphatic heterocycles. The number of methoxy groups -OCH3 is 1. The van der Waals surface area contributed by atoms with Crippen LogP contribution in [0.15, 0.2) is 24.3 Å². The SMILES string of the molecule is COC(=O)C1(C)CC(CO)C(c2cccc(Cl)c2)N1. The average Bonchev–Trinajstić information content (AvgIpc) is 2.76. The Morgan fingerprint density at radius 3 is 2.95 bits per heavy atom. The second kappa shape index (κ2) is 5.49. The lowest BCUT2D eigenvalue weighted by Crippen LogP contribution is -2.45. The number of nitrogens with one attached hydrogen (secondary N) is 1. The Morgan fingerprint density at radius 1 is 1.63 bits per heavy atom. The number of hydrogen-bond donors (Lipinski definition) is 2. The van der Waals surface area contributed by atoms with Crippen LogP contribution in [0.3, 0.4) is 0 Å². The van der Waals surface area contributed by atoms with E-state index in [4.69, 9.17) is 16.3 Å². The number of benzene rings is 1. The smallest absolute Gasteiger partial charge is 0.325 e. The molecule has 104 valence electrons. The maximum absolute atomic E-state index is 11.8. The normalized spacial score (nSPS) is 30.3. The van der Waals surface area contributed by atoms with Gasteiger partial charge in [-0.2, -0.15) is 0 Å². The summed E-state index contributed by atoms with van der Waals surface area (Å²) in [5.74, 6) is -0.349. The molecule has 1 aromatic rings. The quantitative estimate of drug-likeness (QED) is 0.832. The molecule has 1 aliphatic rings. The lowest BCUT2D eigenvalue weighted by Gasteiger charge is -2.23. The fraction of sp³-hybridized carbons (Fsp3) is 0.500. The van der Waals surface area contributed by atoms with E-state index in [2.05, 4.69) is 5.32 Å². The second-order valence-electron chi connectivity index (χ2n) is 5.15. The number of carbonyl (C=O) groups is 1. The van der Waals surface area contributed by atoms with Crippen molar-refractivity contribution in [2.75, 3.05) is 13.7 Å². The lowest BCUT2D eigenvalue weighted by atomic mass is 9.91. The molecule has 0 aromatic heterocycles. The highest BCUT2D eigenvalue weighted by Gasteiger charge is 2.47. The number of esters is 1. The van der Waals surface area contributed by atoms with Gasteiger partial charge in [-0.25, -0.2) is 0 Å². The molecule has 2 rings (SSSR count). The van der Waals surface area contributed by atoms with Crippen molar-refractivity contribution in [2.24, 2.45) is 5.92 Å². The minimum atomic E-state index is -0.769. The molecule has 1 saturated heterocycles. The van der Waals surface area contributed by atoms with Crippen LogP contribution in [0.4, 0.5) is 0 Å². The Morgan fingerprint density at radius 2 is 2.37 bits per heavy atom. The first-order valence-corrected chi connectivity index (χ1v) is 6.60. The van der Waals surface area contributed by atoms with E-state index in [1.807, 2.05) is 18.2 Å². The van der Waals surface area contributed by atoms with Crippen LogP contribution in [0.2, 0.25) is 5.02 Å². The zero-order chi connectivity index (χ0) is 14.0. The minimum Gasteiger partial charge on any atom is -0.468 e. The lowest BCUT2D eigenvalue weighted by molar-refractivity contribution is -0.147. The highest BCUT2D eigenvalue weighted by atomic mass is 35.5. The molecule has 1 aromatic carbocycles. The van der Waals surface area contributed by atoms with Gasteiger partial charge in [0.05, 0.1) is 7.11 Å².